The maximum absolute atomic E-state index is 13.0. The quantitative estimate of drug-likeness (QED) is 0.856. The molecule has 1 aromatic carbocycles. The van der Waals surface area contributed by atoms with Crippen molar-refractivity contribution in [2.75, 3.05) is 19.4 Å². The van der Waals surface area contributed by atoms with E-state index in [2.05, 4.69) is 10.1 Å². The molecule has 4 nitrogen and oxygen atoms in total. The predicted octanol–water partition coefficient (Wildman–Crippen LogP) is 3.65. The normalized spacial score (nSPS) is 13.5. The summed E-state index contributed by atoms with van der Waals surface area (Å²) in [4.78, 5) is 12.5. The Balaban J connectivity index is 2.77. The molecular weight excluding hydrogens is 318 g/mol. The maximum atomic E-state index is 13.0. The summed E-state index contributed by atoms with van der Waals surface area (Å²) < 4.78 is 78.3. The lowest BCUT2D eigenvalue weighted by Gasteiger charge is -2.23. The van der Waals surface area contributed by atoms with E-state index in [9.17, 15) is 31.1 Å². The number of alkyl halides is 6. The molecule has 0 radical (unpaired) electrons. The van der Waals surface area contributed by atoms with E-state index in [1.807, 2.05) is 0 Å². The van der Waals surface area contributed by atoms with E-state index in [0.29, 0.717) is 0 Å². The standard InChI is InChI=1S/C12H12F6N2O2/c1-20(2)10(21)19-7-3-5-8(6-4-7)22-12(17,18)9(13)11(14,15)16/h3-6,9H,1-2H3,(H,19,21). The molecule has 2 amide bonds. The summed E-state index contributed by atoms with van der Waals surface area (Å²) in [6, 6.07) is 3.49. The molecule has 1 unspecified atom stereocenters. The topological polar surface area (TPSA) is 41.6 Å². The molecule has 1 atom stereocenters. The van der Waals surface area contributed by atoms with Gasteiger partial charge in [0.1, 0.15) is 5.75 Å². The Morgan fingerprint density at radius 1 is 1.14 bits per heavy atom. The molecule has 0 saturated heterocycles. The van der Waals surface area contributed by atoms with Gasteiger partial charge < -0.3 is 15.0 Å². The second-order valence-electron chi connectivity index (χ2n) is 4.42. The first-order valence-electron chi connectivity index (χ1n) is 5.79. The van der Waals surface area contributed by atoms with E-state index in [1.54, 1.807) is 0 Å². The number of carbonyl (C=O) groups excluding carboxylic acids is 1. The molecule has 22 heavy (non-hydrogen) atoms. The summed E-state index contributed by atoms with van der Waals surface area (Å²) in [5.41, 5.74) is 0.196. The number of rotatable bonds is 4. The van der Waals surface area contributed by atoms with Crippen molar-refractivity contribution in [3.05, 3.63) is 24.3 Å². The van der Waals surface area contributed by atoms with Gasteiger partial charge in [0.15, 0.2) is 0 Å². The number of carbonyl (C=O) groups is 1. The second kappa shape index (κ2) is 6.32. The van der Waals surface area contributed by atoms with Crippen molar-refractivity contribution in [3.8, 4) is 5.75 Å². The van der Waals surface area contributed by atoms with Gasteiger partial charge in [-0.25, -0.2) is 9.18 Å². The number of hydrogen-bond donors (Lipinski definition) is 1. The highest BCUT2D eigenvalue weighted by molar-refractivity contribution is 5.88. The van der Waals surface area contributed by atoms with E-state index in [-0.39, 0.29) is 5.69 Å². The fraction of sp³-hybridized carbons (Fsp3) is 0.417. The van der Waals surface area contributed by atoms with Gasteiger partial charge in [-0.1, -0.05) is 0 Å². The van der Waals surface area contributed by atoms with Gasteiger partial charge in [0.2, 0.25) is 0 Å². The number of halogens is 6. The van der Waals surface area contributed by atoms with Crippen LogP contribution in [0.15, 0.2) is 24.3 Å². The van der Waals surface area contributed by atoms with Crippen molar-refractivity contribution in [1.29, 1.82) is 0 Å². The molecule has 0 aromatic heterocycles. The molecule has 0 aliphatic rings. The number of hydrogen-bond acceptors (Lipinski definition) is 2. The highest BCUT2D eigenvalue weighted by Crippen LogP contribution is 2.36. The Hall–Kier alpha value is -2.13. The third-order valence-electron chi connectivity index (χ3n) is 2.35. The Labute approximate surface area is 121 Å². The Bertz CT molecular complexity index is 515. The summed E-state index contributed by atoms with van der Waals surface area (Å²) >= 11 is 0. The van der Waals surface area contributed by atoms with Crippen LogP contribution in [0.4, 0.5) is 36.8 Å². The Morgan fingerprint density at radius 3 is 2.05 bits per heavy atom. The zero-order chi connectivity index (χ0) is 17.1. The SMILES string of the molecule is CN(C)C(=O)Nc1ccc(OC(F)(F)C(F)C(F)(F)F)cc1. The molecule has 1 N–H and O–H groups in total. The van der Waals surface area contributed by atoms with Crippen LogP contribution in [0, 0.1) is 0 Å². The van der Waals surface area contributed by atoms with Crippen LogP contribution in [0.3, 0.4) is 0 Å². The van der Waals surface area contributed by atoms with Crippen LogP contribution >= 0.6 is 0 Å². The summed E-state index contributed by atoms with van der Waals surface area (Å²) in [6.45, 7) is 0. The van der Waals surface area contributed by atoms with Crippen molar-refractivity contribution in [2.24, 2.45) is 0 Å². The predicted molar refractivity (Wildman–Crippen MR) is 65.7 cm³/mol. The highest BCUT2D eigenvalue weighted by atomic mass is 19.4. The van der Waals surface area contributed by atoms with Crippen molar-refractivity contribution in [3.63, 3.8) is 0 Å². The van der Waals surface area contributed by atoms with E-state index >= 15 is 0 Å². The third kappa shape index (κ3) is 4.71. The fourth-order valence-corrected chi connectivity index (χ4v) is 1.24. The molecular formula is C12H12F6N2O2. The lowest BCUT2D eigenvalue weighted by atomic mass is 10.3. The largest absolute Gasteiger partial charge is 0.439 e. The lowest BCUT2D eigenvalue weighted by Crippen LogP contribution is -2.45. The van der Waals surface area contributed by atoms with Gasteiger partial charge in [0, 0.05) is 19.8 Å². The molecule has 1 rings (SSSR count). The lowest BCUT2D eigenvalue weighted by molar-refractivity contribution is -0.304. The number of nitrogens with zero attached hydrogens (tertiary/aromatic N) is 1. The Morgan fingerprint density at radius 2 is 1.64 bits per heavy atom. The Kier molecular flexibility index (Phi) is 5.15. The second-order valence-corrected chi connectivity index (χ2v) is 4.42. The van der Waals surface area contributed by atoms with Gasteiger partial charge in [-0.2, -0.15) is 22.0 Å². The van der Waals surface area contributed by atoms with Crippen molar-refractivity contribution in [1.82, 2.24) is 4.90 Å². The molecule has 0 saturated carbocycles. The van der Waals surface area contributed by atoms with Crippen LogP contribution in [-0.2, 0) is 0 Å². The average Bonchev–Trinajstić information content (AvgIpc) is 2.38. The number of benzene rings is 1. The highest BCUT2D eigenvalue weighted by Gasteiger charge is 2.59. The van der Waals surface area contributed by atoms with Crippen molar-refractivity contribution >= 4 is 11.7 Å². The van der Waals surface area contributed by atoms with Gasteiger partial charge in [-0.15, -0.1) is 0 Å². The number of anilines is 1. The van der Waals surface area contributed by atoms with Crippen LogP contribution in [0.5, 0.6) is 5.75 Å². The summed E-state index contributed by atoms with van der Waals surface area (Å²) in [5, 5.41) is 2.37. The minimum absolute atomic E-state index is 0.196. The molecule has 124 valence electrons. The minimum Gasteiger partial charge on any atom is -0.430 e. The van der Waals surface area contributed by atoms with E-state index < -0.39 is 30.2 Å². The minimum atomic E-state index is -5.75. The number of urea groups is 1. The molecule has 0 spiro atoms. The first-order chi connectivity index (χ1) is 9.93. The van der Waals surface area contributed by atoms with Gasteiger partial charge in [-0.3, -0.25) is 0 Å². The van der Waals surface area contributed by atoms with E-state index in [4.69, 9.17) is 0 Å². The van der Waals surface area contributed by atoms with Crippen LogP contribution in [0.1, 0.15) is 0 Å². The third-order valence-corrected chi connectivity index (χ3v) is 2.35. The van der Waals surface area contributed by atoms with E-state index in [0.717, 1.165) is 24.3 Å². The molecule has 10 heteroatoms. The molecule has 0 aliphatic carbocycles. The molecule has 0 bridgehead atoms. The fourth-order valence-electron chi connectivity index (χ4n) is 1.24. The zero-order valence-corrected chi connectivity index (χ0v) is 11.4. The van der Waals surface area contributed by atoms with Crippen molar-refractivity contribution in [2.45, 2.75) is 18.5 Å². The van der Waals surface area contributed by atoms with Crippen LogP contribution in [0.2, 0.25) is 0 Å². The monoisotopic (exact) mass is 330 g/mol. The molecule has 1 aromatic rings. The molecule has 0 fully saturated rings. The summed E-state index contributed by atoms with van der Waals surface area (Å²) in [6.07, 6.45) is -15.3. The summed E-state index contributed by atoms with van der Waals surface area (Å²) in [7, 11) is 2.93. The first kappa shape index (κ1) is 17.9. The number of amides is 2. The zero-order valence-electron chi connectivity index (χ0n) is 11.4. The van der Waals surface area contributed by atoms with Gasteiger partial charge >= 0.3 is 18.3 Å². The van der Waals surface area contributed by atoms with Gasteiger partial charge in [0.05, 0.1) is 0 Å². The summed E-state index contributed by atoms with van der Waals surface area (Å²) in [5.74, 6) is -0.681. The first-order valence-corrected chi connectivity index (χ1v) is 5.79. The van der Waals surface area contributed by atoms with Crippen molar-refractivity contribution < 1.29 is 35.9 Å². The van der Waals surface area contributed by atoms with E-state index in [1.165, 1.54) is 19.0 Å². The van der Waals surface area contributed by atoms with Gasteiger partial charge in [0.25, 0.3) is 6.17 Å². The smallest absolute Gasteiger partial charge is 0.430 e. The van der Waals surface area contributed by atoms with Crippen LogP contribution in [-0.4, -0.2) is 43.5 Å². The van der Waals surface area contributed by atoms with Gasteiger partial charge in [-0.05, 0) is 24.3 Å². The number of nitrogens with one attached hydrogen (secondary N) is 1. The average molecular weight is 330 g/mol. The van der Waals surface area contributed by atoms with Crippen LogP contribution in [0.25, 0.3) is 0 Å². The molecule has 0 heterocycles. The number of ether oxygens (including phenoxy) is 1. The maximum Gasteiger partial charge on any atom is 0.439 e. The molecule has 0 aliphatic heterocycles. The van der Waals surface area contributed by atoms with Crippen LogP contribution < -0.4 is 10.1 Å².